The van der Waals surface area contributed by atoms with Gasteiger partial charge in [0.05, 0.1) is 0 Å². The highest BCUT2D eigenvalue weighted by molar-refractivity contribution is 5.94. The number of aliphatic carboxylic acids is 1. The van der Waals surface area contributed by atoms with Gasteiger partial charge in [-0.05, 0) is 55.7 Å². The van der Waals surface area contributed by atoms with E-state index in [-0.39, 0.29) is 23.9 Å². The van der Waals surface area contributed by atoms with E-state index < -0.39 is 12.1 Å². The standard InChI is InChI=1S/C21H30N4O2.C2HF3O2/c22-19-10-9-15-12-25(13-18(15)19)21(27)24-17-8-4-7-16(11-17)23-20(26)14-5-2-1-3-6-14;3-2(4,5)1(6)7/h4,7-8,11,14-15,18-19H,1-3,5-6,9-10,12-13,22H2,(H,23,26)(H,24,27);(H,6,7). The molecule has 5 N–H and O–H groups in total. The number of benzene rings is 1. The van der Waals surface area contributed by atoms with Crippen LogP contribution in [-0.4, -0.2) is 53.2 Å². The summed E-state index contributed by atoms with van der Waals surface area (Å²) < 4.78 is 31.7. The molecule has 188 valence electrons. The van der Waals surface area contributed by atoms with E-state index >= 15 is 0 Å². The SMILES string of the molecule is NC1CCC2CN(C(=O)Nc3cccc(NC(=O)C4CCCCC4)c3)CC12.O=C(O)C(F)(F)F. The van der Waals surface area contributed by atoms with Gasteiger partial charge in [-0.1, -0.05) is 25.3 Å². The first kappa shape index (κ1) is 25.8. The maximum atomic E-state index is 12.6. The molecule has 2 aliphatic carbocycles. The quantitative estimate of drug-likeness (QED) is 0.515. The Morgan fingerprint density at radius 2 is 1.59 bits per heavy atom. The number of hydrogen-bond donors (Lipinski definition) is 4. The average molecular weight is 485 g/mol. The number of nitrogens with zero attached hydrogens (tertiary/aromatic N) is 1. The highest BCUT2D eigenvalue weighted by Gasteiger charge is 2.42. The van der Waals surface area contributed by atoms with Crippen molar-refractivity contribution >= 4 is 29.3 Å². The normalized spacial score (nSPS) is 24.6. The van der Waals surface area contributed by atoms with Gasteiger partial charge in [-0.2, -0.15) is 13.2 Å². The van der Waals surface area contributed by atoms with Crippen molar-refractivity contribution in [2.75, 3.05) is 23.7 Å². The Hall–Kier alpha value is -2.82. The maximum Gasteiger partial charge on any atom is 0.490 e. The molecule has 0 bridgehead atoms. The number of carbonyl (C=O) groups excluding carboxylic acids is 2. The minimum atomic E-state index is -5.08. The number of hydrogen-bond acceptors (Lipinski definition) is 4. The molecule has 3 amide bonds. The van der Waals surface area contributed by atoms with E-state index in [1.807, 2.05) is 29.2 Å². The van der Waals surface area contributed by atoms with Gasteiger partial charge in [-0.3, -0.25) is 4.79 Å². The number of nitrogens with two attached hydrogens (primary N) is 1. The first-order valence-electron chi connectivity index (χ1n) is 11.6. The molecule has 1 aromatic carbocycles. The van der Waals surface area contributed by atoms with Crippen LogP contribution in [0.4, 0.5) is 29.3 Å². The van der Waals surface area contributed by atoms with E-state index in [4.69, 9.17) is 15.6 Å². The van der Waals surface area contributed by atoms with Gasteiger partial charge in [0.1, 0.15) is 0 Å². The Kier molecular flexibility index (Phi) is 8.40. The Balaban J connectivity index is 0.000000406. The van der Waals surface area contributed by atoms with Gasteiger partial charge in [-0.25, -0.2) is 9.59 Å². The summed E-state index contributed by atoms with van der Waals surface area (Å²) >= 11 is 0. The van der Waals surface area contributed by atoms with Gasteiger partial charge in [0.15, 0.2) is 0 Å². The molecule has 1 heterocycles. The molecule has 3 aliphatic rings. The second kappa shape index (κ2) is 11.1. The number of carbonyl (C=O) groups is 3. The molecular weight excluding hydrogens is 453 g/mol. The highest BCUT2D eigenvalue weighted by Crippen LogP contribution is 2.37. The summed E-state index contributed by atoms with van der Waals surface area (Å²) in [5, 5.41) is 13.1. The monoisotopic (exact) mass is 484 g/mol. The first-order valence-corrected chi connectivity index (χ1v) is 11.6. The summed E-state index contributed by atoms with van der Waals surface area (Å²) in [6.45, 7) is 1.54. The highest BCUT2D eigenvalue weighted by atomic mass is 19.4. The number of alkyl halides is 3. The number of halogens is 3. The Morgan fingerprint density at radius 3 is 2.18 bits per heavy atom. The van der Waals surface area contributed by atoms with E-state index in [1.54, 1.807) is 0 Å². The number of carboxylic acid groups (broad SMARTS) is 1. The number of carboxylic acids is 1. The number of rotatable bonds is 3. The van der Waals surface area contributed by atoms with Gasteiger partial charge < -0.3 is 26.4 Å². The fraction of sp³-hybridized carbons (Fsp3) is 0.609. The molecule has 1 saturated heterocycles. The third-order valence-electron chi connectivity index (χ3n) is 6.80. The maximum absolute atomic E-state index is 12.6. The molecule has 11 heteroatoms. The lowest BCUT2D eigenvalue weighted by atomic mass is 9.88. The predicted octanol–water partition coefficient (Wildman–Crippen LogP) is 4.04. The van der Waals surface area contributed by atoms with Gasteiger partial charge in [0.25, 0.3) is 0 Å². The predicted molar refractivity (Wildman–Crippen MR) is 120 cm³/mol. The summed E-state index contributed by atoms with van der Waals surface area (Å²) in [7, 11) is 0. The largest absolute Gasteiger partial charge is 0.490 e. The minimum absolute atomic E-state index is 0.0765. The topological polar surface area (TPSA) is 125 Å². The van der Waals surface area contributed by atoms with E-state index in [9.17, 15) is 22.8 Å². The van der Waals surface area contributed by atoms with Crippen LogP contribution in [0.5, 0.6) is 0 Å². The lowest BCUT2D eigenvalue weighted by Gasteiger charge is -2.21. The molecule has 0 radical (unpaired) electrons. The molecule has 1 aromatic rings. The fourth-order valence-corrected chi connectivity index (χ4v) is 4.96. The first-order chi connectivity index (χ1) is 16.0. The van der Waals surface area contributed by atoms with E-state index in [1.165, 1.54) is 6.42 Å². The fourth-order valence-electron chi connectivity index (χ4n) is 4.96. The molecule has 34 heavy (non-hydrogen) atoms. The molecular formula is C23H31F3N4O4. The van der Waals surface area contributed by atoms with Crippen LogP contribution in [0, 0.1) is 17.8 Å². The van der Waals surface area contributed by atoms with Gasteiger partial charge in [0, 0.05) is 36.4 Å². The van der Waals surface area contributed by atoms with E-state index in [0.717, 1.165) is 57.3 Å². The molecule has 3 fully saturated rings. The van der Waals surface area contributed by atoms with Crippen molar-refractivity contribution in [1.29, 1.82) is 0 Å². The van der Waals surface area contributed by atoms with Crippen LogP contribution in [0.1, 0.15) is 44.9 Å². The van der Waals surface area contributed by atoms with E-state index in [0.29, 0.717) is 17.5 Å². The summed E-state index contributed by atoms with van der Waals surface area (Å²) in [5.41, 5.74) is 7.61. The van der Waals surface area contributed by atoms with Crippen LogP contribution in [-0.2, 0) is 9.59 Å². The summed E-state index contributed by atoms with van der Waals surface area (Å²) in [5.74, 6) is -1.55. The van der Waals surface area contributed by atoms with Crippen LogP contribution in [0.15, 0.2) is 24.3 Å². The zero-order chi connectivity index (χ0) is 24.9. The molecule has 0 aromatic heterocycles. The lowest BCUT2D eigenvalue weighted by molar-refractivity contribution is -0.192. The van der Waals surface area contributed by atoms with Gasteiger partial charge in [0.2, 0.25) is 5.91 Å². The van der Waals surface area contributed by atoms with Crippen molar-refractivity contribution in [2.45, 2.75) is 57.2 Å². The molecule has 4 rings (SSSR count). The number of urea groups is 1. The summed E-state index contributed by atoms with van der Waals surface area (Å²) in [6.07, 6.45) is 2.56. The van der Waals surface area contributed by atoms with Crippen molar-refractivity contribution in [3.05, 3.63) is 24.3 Å². The van der Waals surface area contributed by atoms with Gasteiger partial charge >= 0.3 is 18.2 Å². The third kappa shape index (κ3) is 6.85. The number of anilines is 2. The van der Waals surface area contributed by atoms with Crippen molar-refractivity contribution in [3.63, 3.8) is 0 Å². The molecule has 2 saturated carbocycles. The molecule has 0 spiro atoms. The molecule has 1 aliphatic heterocycles. The zero-order valence-corrected chi connectivity index (χ0v) is 18.8. The van der Waals surface area contributed by atoms with E-state index in [2.05, 4.69) is 10.6 Å². The van der Waals surface area contributed by atoms with Crippen molar-refractivity contribution in [1.82, 2.24) is 4.90 Å². The van der Waals surface area contributed by atoms with Gasteiger partial charge in [-0.15, -0.1) is 0 Å². The zero-order valence-electron chi connectivity index (χ0n) is 18.8. The van der Waals surface area contributed by atoms with Crippen LogP contribution in [0.25, 0.3) is 0 Å². The number of fused-ring (bicyclic) bond motifs is 1. The number of likely N-dealkylation sites (tertiary alicyclic amines) is 1. The Morgan fingerprint density at radius 1 is 0.971 bits per heavy atom. The number of amides is 3. The third-order valence-corrected chi connectivity index (χ3v) is 6.80. The van der Waals surface area contributed by atoms with Crippen molar-refractivity contribution < 1.29 is 32.7 Å². The summed E-state index contributed by atoms with van der Waals surface area (Å²) in [4.78, 5) is 35.8. The van der Waals surface area contributed by atoms with Crippen molar-refractivity contribution in [2.24, 2.45) is 23.5 Å². The molecule has 3 atom stereocenters. The lowest BCUT2D eigenvalue weighted by Crippen LogP contribution is -2.36. The number of nitrogens with one attached hydrogen (secondary N) is 2. The van der Waals surface area contributed by atoms with Crippen LogP contribution in [0.3, 0.4) is 0 Å². The molecule has 8 nitrogen and oxygen atoms in total. The molecule has 3 unspecified atom stereocenters. The Bertz CT molecular complexity index is 889. The van der Waals surface area contributed by atoms with Crippen molar-refractivity contribution in [3.8, 4) is 0 Å². The average Bonchev–Trinajstić information content (AvgIpc) is 3.36. The second-order valence-electron chi connectivity index (χ2n) is 9.21. The summed E-state index contributed by atoms with van der Waals surface area (Å²) in [6, 6.07) is 7.58. The Labute approximate surface area is 196 Å². The minimum Gasteiger partial charge on any atom is -0.475 e. The smallest absolute Gasteiger partial charge is 0.475 e. The van der Waals surface area contributed by atoms with Crippen LogP contribution < -0.4 is 16.4 Å². The van der Waals surface area contributed by atoms with Crippen LogP contribution >= 0.6 is 0 Å². The van der Waals surface area contributed by atoms with Crippen LogP contribution in [0.2, 0.25) is 0 Å². The second-order valence-corrected chi connectivity index (χ2v) is 9.21.